The van der Waals surface area contributed by atoms with Gasteiger partial charge in [-0.25, -0.2) is 4.79 Å². The third kappa shape index (κ3) is 5.10. The molecule has 1 aliphatic rings. The number of piperazine rings is 1. The summed E-state index contributed by atoms with van der Waals surface area (Å²) in [6, 6.07) is 24.3. The molecule has 1 fully saturated rings. The van der Waals surface area contributed by atoms with E-state index in [1.54, 1.807) is 30.3 Å². The van der Waals surface area contributed by atoms with Crippen LogP contribution in [0.15, 0.2) is 78.9 Å². The normalized spacial score (nSPS) is 14.3. The predicted octanol–water partition coefficient (Wildman–Crippen LogP) is 3.96. The van der Waals surface area contributed by atoms with E-state index < -0.39 is 5.97 Å². The van der Waals surface area contributed by atoms with Crippen LogP contribution >= 0.6 is 0 Å². The van der Waals surface area contributed by atoms with Gasteiger partial charge >= 0.3 is 5.97 Å². The Hall–Kier alpha value is -3.64. The van der Waals surface area contributed by atoms with E-state index in [-0.39, 0.29) is 11.5 Å². The van der Waals surface area contributed by atoms with Crippen molar-refractivity contribution in [2.45, 2.75) is 6.54 Å². The molecule has 2 N–H and O–H groups in total. The predicted molar refractivity (Wildman–Crippen MR) is 122 cm³/mol. The van der Waals surface area contributed by atoms with Gasteiger partial charge in [0, 0.05) is 44.0 Å². The molecule has 1 amide bonds. The minimum atomic E-state index is -1.07. The molecular formula is C25H25N3O3. The molecule has 0 saturated carbocycles. The third-order valence-electron chi connectivity index (χ3n) is 5.52. The molecule has 0 bridgehead atoms. The number of nitrogens with one attached hydrogen (secondary N) is 1. The van der Waals surface area contributed by atoms with Crippen molar-refractivity contribution in [2.75, 3.05) is 36.4 Å². The Labute approximate surface area is 181 Å². The number of carbonyl (C=O) groups is 2. The zero-order valence-electron chi connectivity index (χ0n) is 17.2. The molecule has 0 aromatic heterocycles. The molecule has 6 nitrogen and oxygen atoms in total. The van der Waals surface area contributed by atoms with Crippen molar-refractivity contribution in [2.24, 2.45) is 0 Å². The quantitative estimate of drug-likeness (QED) is 0.638. The summed E-state index contributed by atoms with van der Waals surface area (Å²) < 4.78 is 0. The van der Waals surface area contributed by atoms with Gasteiger partial charge < -0.3 is 15.3 Å². The summed E-state index contributed by atoms with van der Waals surface area (Å²) in [5.41, 5.74) is 3.28. The standard InChI is InChI=1S/C25H25N3O3/c29-24(26-23-9-5-4-8-22(23)25(30)31)20-12-10-19(11-13-20)18-27-14-16-28(17-15-27)21-6-2-1-3-7-21/h1-13H,14-18H2,(H,26,29)(H,30,31). The van der Waals surface area contributed by atoms with Crippen LogP contribution in [0.3, 0.4) is 0 Å². The van der Waals surface area contributed by atoms with Crippen LogP contribution in [0, 0.1) is 0 Å². The van der Waals surface area contributed by atoms with Crippen molar-refractivity contribution < 1.29 is 14.7 Å². The van der Waals surface area contributed by atoms with Gasteiger partial charge in [-0.2, -0.15) is 0 Å². The Morgan fingerprint density at radius 1 is 0.806 bits per heavy atom. The molecular weight excluding hydrogens is 390 g/mol. The van der Waals surface area contributed by atoms with Crippen molar-refractivity contribution in [3.8, 4) is 0 Å². The molecule has 31 heavy (non-hydrogen) atoms. The third-order valence-corrected chi connectivity index (χ3v) is 5.52. The Morgan fingerprint density at radius 2 is 1.45 bits per heavy atom. The average Bonchev–Trinajstić information content (AvgIpc) is 2.81. The topological polar surface area (TPSA) is 72.9 Å². The number of rotatable bonds is 6. The Morgan fingerprint density at radius 3 is 2.13 bits per heavy atom. The van der Waals surface area contributed by atoms with E-state index in [1.165, 1.54) is 11.8 Å². The molecule has 3 aromatic rings. The second-order valence-corrected chi connectivity index (χ2v) is 7.60. The van der Waals surface area contributed by atoms with Crippen molar-refractivity contribution in [3.05, 3.63) is 95.6 Å². The summed E-state index contributed by atoms with van der Waals surface area (Å²) in [6.07, 6.45) is 0. The Balaban J connectivity index is 1.33. The Bertz CT molecular complexity index is 1040. The van der Waals surface area contributed by atoms with Gasteiger partial charge in [0.05, 0.1) is 11.3 Å². The van der Waals surface area contributed by atoms with Gasteiger partial charge in [-0.1, -0.05) is 42.5 Å². The van der Waals surface area contributed by atoms with Gasteiger partial charge in [0.15, 0.2) is 0 Å². The van der Waals surface area contributed by atoms with Crippen molar-refractivity contribution in [1.29, 1.82) is 0 Å². The van der Waals surface area contributed by atoms with Crippen LogP contribution < -0.4 is 10.2 Å². The molecule has 0 atom stereocenters. The lowest BCUT2D eigenvalue weighted by molar-refractivity contribution is 0.0698. The van der Waals surface area contributed by atoms with Gasteiger partial charge in [-0.15, -0.1) is 0 Å². The largest absolute Gasteiger partial charge is 0.478 e. The minimum Gasteiger partial charge on any atom is -0.478 e. The molecule has 1 aliphatic heterocycles. The first-order valence-electron chi connectivity index (χ1n) is 10.3. The summed E-state index contributed by atoms with van der Waals surface area (Å²) in [5, 5.41) is 12.0. The van der Waals surface area contributed by atoms with E-state index >= 15 is 0 Å². The van der Waals surface area contributed by atoms with E-state index in [0.717, 1.165) is 38.3 Å². The van der Waals surface area contributed by atoms with Crippen LogP contribution in [0.4, 0.5) is 11.4 Å². The number of hydrogen-bond donors (Lipinski definition) is 2. The highest BCUT2D eigenvalue weighted by atomic mass is 16.4. The minimum absolute atomic E-state index is 0.0714. The van der Waals surface area contributed by atoms with Gasteiger partial charge in [0.25, 0.3) is 5.91 Å². The molecule has 1 saturated heterocycles. The van der Waals surface area contributed by atoms with Crippen LogP contribution in [0.5, 0.6) is 0 Å². The number of nitrogens with zero attached hydrogens (tertiary/aromatic N) is 2. The molecule has 3 aromatic carbocycles. The fraction of sp³-hybridized carbons (Fsp3) is 0.200. The number of hydrogen-bond acceptors (Lipinski definition) is 4. The first-order chi connectivity index (χ1) is 15.1. The van der Waals surface area contributed by atoms with Gasteiger partial charge in [-0.05, 0) is 42.0 Å². The number of carboxylic acid groups (broad SMARTS) is 1. The number of aromatic carboxylic acids is 1. The molecule has 4 rings (SSSR count). The summed E-state index contributed by atoms with van der Waals surface area (Å²) in [6.45, 7) is 4.81. The Kier molecular flexibility index (Phi) is 6.29. The van der Waals surface area contributed by atoms with Crippen LogP contribution in [-0.2, 0) is 6.54 Å². The van der Waals surface area contributed by atoms with Crippen molar-refractivity contribution >= 4 is 23.3 Å². The first-order valence-corrected chi connectivity index (χ1v) is 10.3. The SMILES string of the molecule is O=C(Nc1ccccc1C(=O)O)c1ccc(CN2CCN(c3ccccc3)CC2)cc1. The van der Waals surface area contributed by atoms with Crippen LogP contribution in [0.25, 0.3) is 0 Å². The van der Waals surface area contributed by atoms with E-state index in [2.05, 4.69) is 39.4 Å². The molecule has 0 radical (unpaired) electrons. The second-order valence-electron chi connectivity index (χ2n) is 7.60. The second kappa shape index (κ2) is 9.45. The van der Waals surface area contributed by atoms with Crippen LogP contribution in [0.1, 0.15) is 26.3 Å². The maximum absolute atomic E-state index is 12.5. The molecule has 0 unspecified atom stereocenters. The van der Waals surface area contributed by atoms with Crippen LogP contribution in [-0.4, -0.2) is 48.1 Å². The molecule has 1 heterocycles. The lowest BCUT2D eigenvalue weighted by atomic mass is 10.1. The maximum Gasteiger partial charge on any atom is 0.337 e. The lowest BCUT2D eigenvalue weighted by Gasteiger charge is -2.36. The zero-order valence-corrected chi connectivity index (χ0v) is 17.2. The smallest absolute Gasteiger partial charge is 0.337 e. The monoisotopic (exact) mass is 415 g/mol. The number of amides is 1. The zero-order chi connectivity index (χ0) is 21.6. The van der Waals surface area contributed by atoms with Gasteiger partial charge in [0.1, 0.15) is 0 Å². The average molecular weight is 415 g/mol. The molecule has 158 valence electrons. The van der Waals surface area contributed by atoms with Gasteiger partial charge in [-0.3, -0.25) is 9.69 Å². The van der Waals surface area contributed by atoms with E-state index in [4.69, 9.17) is 0 Å². The fourth-order valence-corrected chi connectivity index (χ4v) is 3.80. The van der Waals surface area contributed by atoms with Crippen LogP contribution in [0.2, 0.25) is 0 Å². The summed E-state index contributed by atoms with van der Waals surface area (Å²) in [5.74, 6) is -1.39. The lowest BCUT2D eigenvalue weighted by Crippen LogP contribution is -2.45. The molecule has 0 spiro atoms. The van der Waals surface area contributed by atoms with Crippen molar-refractivity contribution in [3.63, 3.8) is 0 Å². The highest BCUT2D eigenvalue weighted by molar-refractivity contribution is 6.07. The first kappa shape index (κ1) is 20.6. The van der Waals surface area contributed by atoms with Gasteiger partial charge in [0.2, 0.25) is 0 Å². The molecule has 6 heteroatoms. The summed E-state index contributed by atoms with van der Waals surface area (Å²) in [4.78, 5) is 28.7. The fourth-order valence-electron chi connectivity index (χ4n) is 3.80. The number of anilines is 2. The van der Waals surface area contributed by atoms with Crippen molar-refractivity contribution in [1.82, 2.24) is 4.90 Å². The number of benzene rings is 3. The summed E-state index contributed by atoms with van der Waals surface area (Å²) in [7, 11) is 0. The highest BCUT2D eigenvalue weighted by Crippen LogP contribution is 2.18. The molecule has 0 aliphatic carbocycles. The highest BCUT2D eigenvalue weighted by Gasteiger charge is 2.17. The van der Waals surface area contributed by atoms with E-state index in [0.29, 0.717) is 11.3 Å². The number of para-hydroxylation sites is 2. The number of carboxylic acids is 1. The summed E-state index contributed by atoms with van der Waals surface area (Å²) >= 11 is 0. The number of carbonyl (C=O) groups excluding carboxylic acids is 1. The van der Waals surface area contributed by atoms with E-state index in [1.807, 2.05) is 18.2 Å². The van der Waals surface area contributed by atoms with E-state index in [9.17, 15) is 14.7 Å². The maximum atomic E-state index is 12.5.